The van der Waals surface area contributed by atoms with Crippen LogP contribution in [0.25, 0.3) is 0 Å². The van der Waals surface area contributed by atoms with Crippen molar-refractivity contribution in [1.82, 2.24) is 4.98 Å². The number of anilines is 1. The molecule has 0 radical (unpaired) electrons. The summed E-state index contributed by atoms with van der Waals surface area (Å²) in [6, 6.07) is 12.0. The minimum Gasteiger partial charge on any atom is -0.355 e. The Morgan fingerprint density at radius 2 is 2.00 bits per heavy atom. The van der Waals surface area contributed by atoms with Crippen LogP contribution in [0, 0.1) is 0 Å². The zero-order chi connectivity index (χ0) is 13.0. The molecule has 94 valence electrons. The molecule has 0 spiro atoms. The van der Waals surface area contributed by atoms with Crippen molar-refractivity contribution in [2.24, 2.45) is 5.73 Å². The molecule has 3 nitrogen and oxygen atoms in total. The normalized spacial score (nSPS) is 10.4. The van der Waals surface area contributed by atoms with Gasteiger partial charge in [0, 0.05) is 26.3 Å². The molecule has 0 saturated carbocycles. The van der Waals surface area contributed by atoms with E-state index in [9.17, 15) is 0 Å². The fourth-order valence-corrected chi connectivity index (χ4v) is 1.92. The predicted octanol–water partition coefficient (Wildman–Crippen LogP) is 2.83. The van der Waals surface area contributed by atoms with E-state index in [1.54, 1.807) is 6.20 Å². The molecular weight excluding hydrogens is 246 g/mol. The van der Waals surface area contributed by atoms with Gasteiger partial charge in [-0.25, -0.2) is 4.98 Å². The van der Waals surface area contributed by atoms with Crippen LogP contribution in [0.15, 0.2) is 42.6 Å². The molecule has 2 rings (SSSR count). The molecule has 18 heavy (non-hydrogen) atoms. The van der Waals surface area contributed by atoms with Crippen molar-refractivity contribution in [3.8, 4) is 0 Å². The lowest BCUT2D eigenvalue weighted by atomic mass is 10.1. The molecule has 0 aliphatic heterocycles. The Hall–Kier alpha value is -1.58. The summed E-state index contributed by atoms with van der Waals surface area (Å²) >= 11 is 5.82. The molecule has 4 heteroatoms. The van der Waals surface area contributed by atoms with Crippen molar-refractivity contribution in [1.29, 1.82) is 0 Å². The van der Waals surface area contributed by atoms with Crippen molar-refractivity contribution < 1.29 is 0 Å². The van der Waals surface area contributed by atoms with Crippen LogP contribution in [0.1, 0.15) is 11.1 Å². The van der Waals surface area contributed by atoms with Gasteiger partial charge in [0.2, 0.25) is 0 Å². The van der Waals surface area contributed by atoms with E-state index in [0.717, 1.165) is 17.9 Å². The van der Waals surface area contributed by atoms with Crippen molar-refractivity contribution in [2.75, 3.05) is 11.9 Å². The van der Waals surface area contributed by atoms with Crippen molar-refractivity contribution in [2.45, 2.75) is 13.1 Å². The highest BCUT2D eigenvalue weighted by atomic mass is 35.5. The van der Waals surface area contributed by atoms with Gasteiger partial charge in [0.05, 0.1) is 5.02 Å². The first kappa shape index (κ1) is 12.9. The molecule has 0 aliphatic rings. The van der Waals surface area contributed by atoms with E-state index < -0.39 is 0 Å². The van der Waals surface area contributed by atoms with Crippen molar-refractivity contribution >= 4 is 17.4 Å². The summed E-state index contributed by atoms with van der Waals surface area (Å²) in [4.78, 5) is 6.36. The molecule has 1 aromatic carbocycles. The number of benzene rings is 1. The van der Waals surface area contributed by atoms with Crippen LogP contribution in [0.4, 0.5) is 5.82 Å². The number of nitrogens with zero attached hydrogens (tertiary/aromatic N) is 2. The Kier molecular flexibility index (Phi) is 4.18. The maximum absolute atomic E-state index is 5.82. The van der Waals surface area contributed by atoms with Gasteiger partial charge in [-0.15, -0.1) is 0 Å². The van der Waals surface area contributed by atoms with Crippen LogP contribution in [-0.4, -0.2) is 12.0 Å². The molecule has 1 heterocycles. The summed E-state index contributed by atoms with van der Waals surface area (Å²) in [6.07, 6.45) is 1.66. The predicted molar refractivity (Wildman–Crippen MR) is 75.7 cm³/mol. The van der Waals surface area contributed by atoms with Gasteiger partial charge in [-0.1, -0.05) is 35.9 Å². The largest absolute Gasteiger partial charge is 0.355 e. The second-order valence-corrected chi connectivity index (χ2v) is 4.65. The first-order chi connectivity index (χ1) is 8.69. The van der Waals surface area contributed by atoms with E-state index in [1.807, 2.05) is 31.3 Å². The van der Waals surface area contributed by atoms with Crippen molar-refractivity contribution in [3.63, 3.8) is 0 Å². The number of nitrogens with two attached hydrogens (primary N) is 1. The van der Waals surface area contributed by atoms with Gasteiger partial charge in [0.15, 0.2) is 0 Å². The smallest absolute Gasteiger partial charge is 0.128 e. The van der Waals surface area contributed by atoms with E-state index >= 15 is 0 Å². The van der Waals surface area contributed by atoms with E-state index in [1.165, 1.54) is 5.56 Å². The molecule has 0 atom stereocenters. The van der Waals surface area contributed by atoms with Crippen LogP contribution in [0.2, 0.25) is 5.02 Å². The van der Waals surface area contributed by atoms with Gasteiger partial charge < -0.3 is 10.6 Å². The third-order valence-electron chi connectivity index (χ3n) is 2.75. The average molecular weight is 262 g/mol. The minimum atomic E-state index is 0.566. The summed E-state index contributed by atoms with van der Waals surface area (Å²) in [6.45, 7) is 1.36. The zero-order valence-electron chi connectivity index (χ0n) is 10.3. The second-order valence-electron chi connectivity index (χ2n) is 4.21. The molecular formula is C14H16ClN3. The zero-order valence-corrected chi connectivity index (χ0v) is 11.1. The maximum Gasteiger partial charge on any atom is 0.128 e. The first-order valence-electron chi connectivity index (χ1n) is 5.79. The Bertz CT molecular complexity index is 511. The Morgan fingerprint density at radius 1 is 1.22 bits per heavy atom. The lowest BCUT2D eigenvalue weighted by Gasteiger charge is -2.18. The minimum absolute atomic E-state index is 0.566. The number of hydrogen-bond donors (Lipinski definition) is 1. The highest BCUT2D eigenvalue weighted by molar-refractivity contribution is 6.30. The summed E-state index contributed by atoms with van der Waals surface area (Å²) in [5.74, 6) is 0.901. The molecule has 0 unspecified atom stereocenters. The number of rotatable bonds is 4. The Morgan fingerprint density at radius 3 is 2.67 bits per heavy atom. The molecule has 0 saturated heterocycles. The standard InChI is InChI=1S/C14H16ClN3/c1-18(14-6-5-13(15)9-17-14)10-12-4-2-3-11(7-12)8-16/h2-7,9H,8,10,16H2,1H3. The highest BCUT2D eigenvalue weighted by Crippen LogP contribution is 2.15. The molecule has 2 aromatic rings. The molecule has 2 N–H and O–H groups in total. The van der Waals surface area contributed by atoms with Gasteiger partial charge in [0.25, 0.3) is 0 Å². The van der Waals surface area contributed by atoms with E-state index in [-0.39, 0.29) is 0 Å². The summed E-state index contributed by atoms with van der Waals surface area (Å²) in [5, 5.41) is 0.650. The number of hydrogen-bond acceptors (Lipinski definition) is 3. The second kappa shape index (κ2) is 5.85. The van der Waals surface area contributed by atoms with Crippen LogP contribution in [0.5, 0.6) is 0 Å². The quantitative estimate of drug-likeness (QED) is 0.920. The van der Waals surface area contributed by atoms with Crippen LogP contribution < -0.4 is 10.6 Å². The molecule has 0 bridgehead atoms. The third-order valence-corrected chi connectivity index (χ3v) is 2.97. The fourth-order valence-electron chi connectivity index (χ4n) is 1.80. The summed E-state index contributed by atoms with van der Waals surface area (Å²) < 4.78 is 0. The van der Waals surface area contributed by atoms with Crippen LogP contribution in [-0.2, 0) is 13.1 Å². The molecule has 0 amide bonds. The van der Waals surface area contributed by atoms with E-state index in [4.69, 9.17) is 17.3 Å². The number of aromatic nitrogens is 1. The number of halogens is 1. The third kappa shape index (κ3) is 3.22. The Balaban J connectivity index is 2.10. The van der Waals surface area contributed by atoms with Gasteiger partial charge in [0.1, 0.15) is 5.82 Å². The number of pyridine rings is 1. The topological polar surface area (TPSA) is 42.1 Å². The fraction of sp³-hybridized carbons (Fsp3) is 0.214. The van der Waals surface area contributed by atoms with Crippen LogP contribution >= 0.6 is 11.6 Å². The lowest BCUT2D eigenvalue weighted by Crippen LogP contribution is -2.17. The maximum atomic E-state index is 5.82. The van der Waals surface area contributed by atoms with E-state index in [2.05, 4.69) is 22.0 Å². The SMILES string of the molecule is CN(Cc1cccc(CN)c1)c1ccc(Cl)cn1. The summed E-state index contributed by atoms with van der Waals surface area (Å²) in [7, 11) is 2.01. The van der Waals surface area contributed by atoms with Gasteiger partial charge in [-0.05, 0) is 23.3 Å². The monoisotopic (exact) mass is 261 g/mol. The first-order valence-corrected chi connectivity index (χ1v) is 6.17. The van der Waals surface area contributed by atoms with Gasteiger partial charge >= 0.3 is 0 Å². The van der Waals surface area contributed by atoms with Crippen LogP contribution in [0.3, 0.4) is 0 Å². The average Bonchev–Trinajstić information content (AvgIpc) is 2.39. The molecule has 0 aliphatic carbocycles. The highest BCUT2D eigenvalue weighted by Gasteiger charge is 2.03. The summed E-state index contributed by atoms with van der Waals surface area (Å²) in [5.41, 5.74) is 8.00. The van der Waals surface area contributed by atoms with E-state index in [0.29, 0.717) is 11.6 Å². The molecule has 0 fully saturated rings. The van der Waals surface area contributed by atoms with Crippen molar-refractivity contribution in [3.05, 3.63) is 58.7 Å². The molecule has 1 aromatic heterocycles. The van der Waals surface area contributed by atoms with Gasteiger partial charge in [-0.2, -0.15) is 0 Å². The lowest BCUT2D eigenvalue weighted by molar-refractivity contribution is 0.894. The Labute approximate surface area is 112 Å². The van der Waals surface area contributed by atoms with Gasteiger partial charge in [-0.3, -0.25) is 0 Å².